The summed E-state index contributed by atoms with van der Waals surface area (Å²) in [6, 6.07) is 14.9. The Hall–Kier alpha value is -4.18. The number of ether oxygens (including phenoxy) is 1. The van der Waals surface area contributed by atoms with Gasteiger partial charge in [-0.1, -0.05) is 54.6 Å². The number of hydrogen-bond donors (Lipinski definition) is 0. The summed E-state index contributed by atoms with van der Waals surface area (Å²) >= 11 is 0. The van der Waals surface area contributed by atoms with Gasteiger partial charge in [0.25, 0.3) is 0 Å². The first-order chi connectivity index (χ1) is 17.6. The van der Waals surface area contributed by atoms with Crippen molar-refractivity contribution in [2.24, 2.45) is 11.8 Å². The molecule has 10 heteroatoms. The molecule has 3 aromatic rings. The predicted octanol–water partition coefficient (Wildman–Crippen LogP) is 4.54. The number of imide groups is 1. The second-order valence-electron chi connectivity index (χ2n) is 9.03. The van der Waals surface area contributed by atoms with Crippen LogP contribution in [0.25, 0.3) is 0 Å². The minimum atomic E-state index is -4.91. The van der Waals surface area contributed by atoms with E-state index in [1.54, 1.807) is 0 Å². The highest BCUT2D eigenvalue weighted by atomic mass is 19.4. The molecule has 37 heavy (non-hydrogen) atoms. The summed E-state index contributed by atoms with van der Waals surface area (Å²) in [5.74, 6) is -8.34. The minimum Gasteiger partial charge on any atom is -0.349 e. The van der Waals surface area contributed by atoms with Crippen molar-refractivity contribution in [2.75, 3.05) is 4.90 Å². The van der Waals surface area contributed by atoms with E-state index in [0.717, 1.165) is 18.2 Å². The normalized spacial score (nSPS) is 24.2. The Morgan fingerprint density at radius 1 is 0.757 bits per heavy atom. The third kappa shape index (κ3) is 2.96. The van der Waals surface area contributed by atoms with E-state index < -0.39 is 70.2 Å². The molecular formula is C27H15F4NO5. The van der Waals surface area contributed by atoms with Crippen LogP contribution in [0.1, 0.15) is 37.9 Å². The maximum atomic E-state index is 14.9. The average molecular weight is 509 g/mol. The third-order valence-corrected chi connectivity index (χ3v) is 7.18. The van der Waals surface area contributed by atoms with Crippen LogP contribution in [0.3, 0.4) is 0 Å². The SMILES string of the molecule is O=C1[C@@H]2[C@H](c3ccccc3F)OC3(C(=O)c4ccccc4C3=O)[C@H]2C(=O)N1c1ccccc1C(F)(F)F. The molecule has 3 aromatic carbocycles. The van der Waals surface area contributed by atoms with Crippen LogP contribution >= 0.6 is 0 Å². The fourth-order valence-electron chi connectivity index (χ4n) is 5.65. The van der Waals surface area contributed by atoms with Gasteiger partial charge in [-0.15, -0.1) is 0 Å². The zero-order chi connectivity index (χ0) is 26.3. The zero-order valence-corrected chi connectivity index (χ0v) is 18.7. The van der Waals surface area contributed by atoms with Crippen molar-refractivity contribution in [1.29, 1.82) is 0 Å². The first-order valence-corrected chi connectivity index (χ1v) is 11.2. The number of rotatable bonds is 2. The molecule has 0 N–H and O–H groups in total. The first kappa shape index (κ1) is 23.2. The fourth-order valence-corrected chi connectivity index (χ4v) is 5.65. The van der Waals surface area contributed by atoms with Crippen LogP contribution in [-0.4, -0.2) is 29.0 Å². The van der Waals surface area contributed by atoms with E-state index in [2.05, 4.69) is 0 Å². The number of amides is 2. The Morgan fingerprint density at radius 3 is 1.95 bits per heavy atom. The number of carbonyl (C=O) groups is 4. The Kier molecular flexibility index (Phi) is 4.81. The van der Waals surface area contributed by atoms with Crippen molar-refractivity contribution < 1.29 is 41.5 Å². The number of carbonyl (C=O) groups excluding carboxylic acids is 4. The Bertz CT molecular complexity index is 1500. The largest absolute Gasteiger partial charge is 0.418 e. The first-order valence-electron chi connectivity index (χ1n) is 11.2. The van der Waals surface area contributed by atoms with E-state index >= 15 is 0 Å². The topological polar surface area (TPSA) is 80.8 Å². The number of halogens is 4. The molecule has 186 valence electrons. The molecule has 2 heterocycles. The van der Waals surface area contributed by atoms with E-state index in [1.165, 1.54) is 48.5 Å². The monoisotopic (exact) mass is 509 g/mol. The van der Waals surface area contributed by atoms with Crippen LogP contribution in [0.4, 0.5) is 23.2 Å². The average Bonchev–Trinajstić information content (AvgIpc) is 3.44. The maximum Gasteiger partial charge on any atom is 0.418 e. The number of para-hydroxylation sites is 1. The van der Waals surface area contributed by atoms with Crippen LogP contribution in [-0.2, 0) is 20.5 Å². The van der Waals surface area contributed by atoms with Gasteiger partial charge < -0.3 is 4.74 Å². The fraction of sp³-hybridized carbons (Fsp3) is 0.185. The van der Waals surface area contributed by atoms with E-state index in [0.29, 0.717) is 11.0 Å². The Morgan fingerprint density at radius 2 is 1.32 bits per heavy atom. The van der Waals surface area contributed by atoms with E-state index in [9.17, 15) is 36.7 Å². The molecule has 0 aromatic heterocycles. The molecule has 2 amide bonds. The van der Waals surface area contributed by atoms with Crippen molar-refractivity contribution in [3.05, 3.63) is 101 Å². The van der Waals surface area contributed by atoms with E-state index in [1.807, 2.05) is 0 Å². The number of fused-ring (bicyclic) bond motifs is 3. The van der Waals surface area contributed by atoms with Gasteiger partial charge in [0.05, 0.1) is 29.2 Å². The molecule has 1 aliphatic carbocycles. The van der Waals surface area contributed by atoms with Gasteiger partial charge in [-0.3, -0.25) is 19.2 Å². The van der Waals surface area contributed by atoms with Crippen molar-refractivity contribution in [1.82, 2.24) is 0 Å². The highest BCUT2D eigenvalue weighted by Crippen LogP contribution is 2.58. The highest BCUT2D eigenvalue weighted by molar-refractivity contribution is 6.37. The summed E-state index contributed by atoms with van der Waals surface area (Å²) < 4.78 is 62.3. The molecule has 3 atom stereocenters. The van der Waals surface area contributed by atoms with E-state index in [-0.39, 0.29) is 16.7 Å². The molecule has 2 fully saturated rings. The summed E-state index contributed by atoms with van der Waals surface area (Å²) in [5.41, 5.74) is -4.79. The lowest BCUT2D eigenvalue weighted by Gasteiger charge is -2.28. The molecule has 0 bridgehead atoms. The molecular weight excluding hydrogens is 494 g/mol. The molecule has 3 aliphatic rings. The van der Waals surface area contributed by atoms with Crippen molar-refractivity contribution in [3.63, 3.8) is 0 Å². The van der Waals surface area contributed by atoms with Crippen LogP contribution in [0.5, 0.6) is 0 Å². The number of benzene rings is 3. The minimum absolute atomic E-state index is 0.0465. The summed E-state index contributed by atoms with van der Waals surface area (Å²) in [5, 5.41) is 0. The number of ketones is 2. The van der Waals surface area contributed by atoms with Crippen LogP contribution in [0, 0.1) is 17.7 Å². The number of Topliss-reactive ketones (excluding diaryl/α,β-unsaturated/α-hetero) is 2. The lowest BCUT2D eigenvalue weighted by Crippen LogP contribution is -2.51. The van der Waals surface area contributed by atoms with Gasteiger partial charge in [-0.2, -0.15) is 13.2 Å². The van der Waals surface area contributed by atoms with Crippen LogP contribution < -0.4 is 4.90 Å². The highest BCUT2D eigenvalue weighted by Gasteiger charge is 2.75. The smallest absolute Gasteiger partial charge is 0.349 e. The zero-order valence-electron chi connectivity index (χ0n) is 18.7. The standard InChI is InChI=1S/C27H15F4NO5/c28-17-11-5-3-9-15(17)21-19-20(26(37-21)22(33)13-7-1-2-8-14(13)23(26)34)25(36)32(24(19)35)18-12-6-4-10-16(18)27(29,30)31/h1-12,19-21H/t19-,20+,21-/m0/s1. The van der Waals surface area contributed by atoms with Crippen LogP contribution in [0.2, 0.25) is 0 Å². The second kappa shape index (κ2) is 7.66. The summed E-state index contributed by atoms with van der Waals surface area (Å²) in [7, 11) is 0. The van der Waals surface area contributed by atoms with Gasteiger partial charge in [0, 0.05) is 16.7 Å². The molecule has 0 radical (unpaired) electrons. The maximum absolute atomic E-state index is 14.9. The summed E-state index contributed by atoms with van der Waals surface area (Å²) in [6.07, 6.45) is -6.49. The summed E-state index contributed by atoms with van der Waals surface area (Å²) in [4.78, 5) is 55.2. The van der Waals surface area contributed by atoms with Gasteiger partial charge in [0.15, 0.2) is 0 Å². The lowest BCUT2D eigenvalue weighted by atomic mass is 9.77. The summed E-state index contributed by atoms with van der Waals surface area (Å²) in [6.45, 7) is 0. The molecule has 1 spiro atoms. The van der Waals surface area contributed by atoms with Gasteiger partial charge in [0.1, 0.15) is 5.82 Å². The van der Waals surface area contributed by atoms with E-state index in [4.69, 9.17) is 4.74 Å². The van der Waals surface area contributed by atoms with Gasteiger partial charge in [0.2, 0.25) is 29.0 Å². The quantitative estimate of drug-likeness (QED) is 0.288. The van der Waals surface area contributed by atoms with Gasteiger partial charge in [-0.05, 0) is 18.2 Å². The number of alkyl halides is 3. The number of hydrogen-bond acceptors (Lipinski definition) is 5. The molecule has 0 saturated carbocycles. The predicted molar refractivity (Wildman–Crippen MR) is 119 cm³/mol. The lowest BCUT2D eigenvalue weighted by molar-refractivity contribution is -0.137. The molecule has 2 aliphatic heterocycles. The molecule has 2 saturated heterocycles. The third-order valence-electron chi connectivity index (χ3n) is 7.18. The second-order valence-corrected chi connectivity index (χ2v) is 9.03. The Balaban J connectivity index is 1.58. The van der Waals surface area contributed by atoms with Crippen molar-refractivity contribution in [2.45, 2.75) is 17.9 Å². The van der Waals surface area contributed by atoms with Crippen molar-refractivity contribution >= 4 is 29.1 Å². The van der Waals surface area contributed by atoms with Gasteiger partial charge in [-0.25, -0.2) is 9.29 Å². The van der Waals surface area contributed by atoms with Gasteiger partial charge >= 0.3 is 6.18 Å². The Labute approximate surface area is 206 Å². The number of nitrogens with zero attached hydrogens (tertiary/aromatic N) is 1. The number of anilines is 1. The molecule has 0 unspecified atom stereocenters. The molecule has 6 rings (SSSR count). The van der Waals surface area contributed by atoms with Crippen LogP contribution in [0.15, 0.2) is 72.8 Å². The van der Waals surface area contributed by atoms with Crippen molar-refractivity contribution in [3.8, 4) is 0 Å². The molecule has 6 nitrogen and oxygen atoms in total.